The number of alkyl halides is 3. The molecule has 0 fully saturated rings. The normalized spacial score (nSPS) is 11.3. The molecule has 3 aromatic rings. The van der Waals surface area contributed by atoms with Crippen LogP contribution in [0, 0.1) is 10.1 Å². The molecule has 0 saturated heterocycles. The minimum atomic E-state index is -4.56. The van der Waals surface area contributed by atoms with Crippen molar-refractivity contribution in [1.29, 1.82) is 0 Å². The molecule has 158 valence electrons. The molecular formula is C22H15F3N2O4. The Kier molecular flexibility index (Phi) is 6.35. The molecule has 0 aromatic heterocycles. The lowest BCUT2D eigenvalue weighted by Gasteiger charge is -2.11. The number of carbonyl (C=O) groups is 1. The summed E-state index contributed by atoms with van der Waals surface area (Å²) in [6, 6.07) is 16.6. The van der Waals surface area contributed by atoms with Crippen LogP contribution in [0.5, 0.6) is 11.5 Å². The van der Waals surface area contributed by atoms with Gasteiger partial charge in [0, 0.05) is 18.2 Å². The molecule has 0 unspecified atom stereocenters. The van der Waals surface area contributed by atoms with Gasteiger partial charge in [-0.25, -0.2) is 0 Å². The quantitative estimate of drug-likeness (QED) is 0.294. The average Bonchev–Trinajstić information content (AvgIpc) is 2.72. The summed E-state index contributed by atoms with van der Waals surface area (Å²) in [4.78, 5) is 22.7. The molecule has 6 nitrogen and oxygen atoms in total. The molecule has 0 heterocycles. The lowest BCUT2D eigenvalue weighted by molar-refractivity contribution is -0.384. The molecule has 9 heteroatoms. The molecule has 31 heavy (non-hydrogen) atoms. The largest absolute Gasteiger partial charge is 0.457 e. The number of hydrogen-bond acceptors (Lipinski definition) is 4. The topological polar surface area (TPSA) is 81.5 Å². The first-order valence-corrected chi connectivity index (χ1v) is 8.89. The maximum absolute atomic E-state index is 12.9. The third kappa shape index (κ3) is 6.17. The Bertz CT molecular complexity index is 1130. The number of benzene rings is 3. The van der Waals surface area contributed by atoms with Crippen molar-refractivity contribution in [3.63, 3.8) is 0 Å². The van der Waals surface area contributed by atoms with E-state index in [1.54, 1.807) is 30.3 Å². The van der Waals surface area contributed by atoms with E-state index in [1.165, 1.54) is 18.2 Å². The number of rotatable bonds is 6. The summed E-state index contributed by atoms with van der Waals surface area (Å²) in [6.45, 7) is 0. The van der Waals surface area contributed by atoms with Gasteiger partial charge < -0.3 is 10.1 Å². The van der Waals surface area contributed by atoms with Gasteiger partial charge in [0.05, 0.1) is 22.2 Å². The molecule has 0 bridgehead atoms. The maximum atomic E-state index is 12.9. The number of nitro groups is 1. The van der Waals surface area contributed by atoms with Crippen LogP contribution < -0.4 is 10.1 Å². The molecule has 1 amide bonds. The fourth-order valence-corrected chi connectivity index (χ4v) is 2.61. The summed E-state index contributed by atoms with van der Waals surface area (Å²) in [5, 5.41) is 13.7. The van der Waals surface area contributed by atoms with Crippen molar-refractivity contribution in [2.24, 2.45) is 0 Å². The van der Waals surface area contributed by atoms with Crippen LogP contribution in [-0.4, -0.2) is 10.8 Å². The number of hydrogen-bond donors (Lipinski definition) is 1. The van der Waals surface area contributed by atoms with Crippen LogP contribution in [0.25, 0.3) is 6.08 Å². The Labute approximate surface area is 174 Å². The zero-order valence-electron chi connectivity index (χ0n) is 15.8. The SMILES string of the molecule is O=C(/C=C\c1ccccc1)Nc1cc(Oc2cccc(C(F)(F)F)c2)cc([N+](=O)[O-])c1. The van der Waals surface area contributed by atoms with Gasteiger partial charge in [0.2, 0.25) is 5.91 Å². The van der Waals surface area contributed by atoms with Gasteiger partial charge in [-0.1, -0.05) is 36.4 Å². The van der Waals surface area contributed by atoms with Crippen molar-refractivity contribution in [3.05, 3.63) is 100 Å². The molecular weight excluding hydrogens is 413 g/mol. The van der Waals surface area contributed by atoms with Gasteiger partial charge in [0.15, 0.2) is 0 Å². The van der Waals surface area contributed by atoms with E-state index in [4.69, 9.17) is 4.74 Å². The highest BCUT2D eigenvalue weighted by molar-refractivity contribution is 6.02. The molecule has 0 saturated carbocycles. The molecule has 0 spiro atoms. The standard InChI is InChI=1S/C22H15F3N2O4/c23-22(24,25)16-7-4-8-19(11-16)31-20-13-17(12-18(14-20)27(29)30)26-21(28)10-9-15-5-2-1-3-6-15/h1-14H,(H,26,28)/b10-9-. The van der Waals surface area contributed by atoms with Crippen LogP contribution in [0.3, 0.4) is 0 Å². The molecule has 0 aliphatic rings. The van der Waals surface area contributed by atoms with E-state index in [0.29, 0.717) is 0 Å². The van der Waals surface area contributed by atoms with Crippen LogP contribution in [-0.2, 0) is 11.0 Å². The highest BCUT2D eigenvalue weighted by Gasteiger charge is 2.30. The van der Waals surface area contributed by atoms with Crippen LogP contribution in [0.4, 0.5) is 24.5 Å². The molecule has 3 rings (SSSR count). The number of amides is 1. The Morgan fingerprint density at radius 1 is 0.968 bits per heavy atom. The van der Waals surface area contributed by atoms with E-state index in [9.17, 15) is 28.1 Å². The highest BCUT2D eigenvalue weighted by atomic mass is 19.4. The predicted octanol–water partition coefficient (Wildman–Crippen LogP) is 6.06. The minimum absolute atomic E-state index is 0.0545. The van der Waals surface area contributed by atoms with Gasteiger partial charge in [0.1, 0.15) is 11.5 Å². The van der Waals surface area contributed by atoms with Gasteiger partial charge in [-0.05, 0) is 29.8 Å². The maximum Gasteiger partial charge on any atom is 0.416 e. The third-order valence-corrected chi connectivity index (χ3v) is 3.99. The summed E-state index contributed by atoms with van der Waals surface area (Å²) < 4.78 is 44.0. The predicted molar refractivity (Wildman–Crippen MR) is 109 cm³/mol. The van der Waals surface area contributed by atoms with E-state index in [0.717, 1.165) is 35.9 Å². The van der Waals surface area contributed by atoms with Crippen LogP contribution in [0.2, 0.25) is 0 Å². The number of nitrogens with one attached hydrogen (secondary N) is 1. The zero-order valence-corrected chi connectivity index (χ0v) is 15.8. The second-order valence-electron chi connectivity index (χ2n) is 6.33. The van der Waals surface area contributed by atoms with Crippen LogP contribution in [0.15, 0.2) is 78.9 Å². The summed E-state index contributed by atoms with van der Waals surface area (Å²) in [5.41, 5.74) is -0.481. The lowest BCUT2D eigenvalue weighted by Crippen LogP contribution is -2.08. The number of carbonyl (C=O) groups excluding carboxylic acids is 1. The Morgan fingerprint density at radius 3 is 2.39 bits per heavy atom. The third-order valence-electron chi connectivity index (χ3n) is 3.99. The van der Waals surface area contributed by atoms with Gasteiger partial charge in [0.25, 0.3) is 5.69 Å². The van der Waals surface area contributed by atoms with Gasteiger partial charge in [-0.15, -0.1) is 0 Å². The van der Waals surface area contributed by atoms with Crippen molar-refractivity contribution in [2.45, 2.75) is 6.18 Å². The molecule has 0 aliphatic carbocycles. The fraction of sp³-hybridized carbons (Fsp3) is 0.0455. The molecule has 0 radical (unpaired) electrons. The number of ether oxygens (including phenoxy) is 1. The van der Waals surface area contributed by atoms with Crippen molar-refractivity contribution >= 4 is 23.4 Å². The monoisotopic (exact) mass is 428 g/mol. The summed E-state index contributed by atoms with van der Waals surface area (Å²) >= 11 is 0. The number of anilines is 1. The van der Waals surface area contributed by atoms with E-state index >= 15 is 0 Å². The minimum Gasteiger partial charge on any atom is -0.457 e. The zero-order chi connectivity index (χ0) is 22.4. The van der Waals surface area contributed by atoms with Crippen LogP contribution in [0.1, 0.15) is 11.1 Å². The summed E-state index contributed by atoms with van der Waals surface area (Å²) in [7, 11) is 0. The summed E-state index contributed by atoms with van der Waals surface area (Å²) in [6.07, 6.45) is -1.75. The van der Waals surface area contributed by atoms with E-state index in [-0.39, 0.29) is 17.2 Å². The Hall–Kier alpha value is -4.14. The van der Waals surface area contributed by atoms with Crippen molar-refractivity contribution in [1.82, 2.24) is 0 Å². The van der Waals surface area contributed by atoms with Gasteiger partial charge in [-0.3, -0.25) is 14.9 Å². The summed E-state index contributed by atoms with van der Waals surface area (Å²) in [5.74, 6) is -0.804. The van der Waals surface area contributed by atoms with E-state index < -0.39 is 28.3 Å². The number of nitrogens with zero attached hydrogens (tertiary/aromatic N) is 1. The smallest absolute Gasteiger partial charge is 0.416 e. The van der Waals surface area contributed by atoms with Gasteiger partial charge >= 0.3 is 6.18 Å². The average molecular weight is 428 g/mol. The van der Waals surface area contributed by atoms with Crippen molar-refractivity contribution in [2.75, 3.05) is 5.32 Å². The highest BCUT2D eigenvalue weighted by Crippen LogP contribution is 2.34. The first-order valence-electron chi connectivity index (χ1n) is 8.89. The fourth-order valence-electron chi connectivity index (χ4n) is 2.61. The number of nitro benzene ring substituents is 1. The second-order valence-corrected chi connectivity index (χ2v) is 6.33. The molecule has 1 N–H and O–H groups in total. The second kappa shape index (κ2) is 9.12. The van der Waals surface area contributed by atoms with Gasteiger partial charge in [-0.2, -0.15) is 13.2 Å². The molecule has 3 aromatic carbocycles. The first-order chi connectivity index (χ1) is 14.7. The van der Waals surface area contributed by atoms with E-state index in [2.05, 4.69) is 5.32 Å². The molecule has 0 aliphatic heterocycles. The van der Waals surface area contributed by atoms with E-state index in [1.807, 2.05) is 6.07 Å². The van der Waals surface area contributed by atoms with Crippen LogP contribution >= 0.6 is 0 Å². The lowest BCUT2D eigenvalue weighted by atomic mass is 10.2. The Morgan fingerprint density at radius 2 is 1.71 bits per heavy atom. The number of halogens is 3. The first kappa shape index (κ1) is 21.6. The van der Waals surface area contributed by atoms with Crippen molar-refractivity contribution < 1.29 is 27.6 Å². The van der Waals surface area contributed by atoms with Crippen molar-refractivity contribution in [3.8, 4) is 11.5 Å². The number of non-ortho nitro benzene ring substituents is 1. The molecule has 0 atom stereocenters. The Balaban J connectivity index is 1.82.